The zero-order valence-corrected chi connectivity index (χ0v) is 9.74. The second-order valence-electron chi connectivity index (χ2n) is 3.61. The molecule has 92 valence electrons. The standard InChI is InChI=1S/C11H12N6O/c1-7-9(10(18)14-11(12)13)15-16-17(7)8-5-3-2-4-6-8/h2-6H,1H3,(H4,12,13,14,18). The SMILES string of the molecule is Cc1c(C(=O)N=C(N)N)nnn1-c1ccccc1. The van der Waals surface area contributed by atoms with Crippen LogP contribution in [0.3, 0.4) is 0 Å². The van der Waals surface area contributed by atoms with E-state index in [0.29, 0.717) is 5.69 Å². The van der Waals surface area contributed by atoms with Crippen LogP contribution in [0.15, 0.2) is 35.3 Å². The van der Waals surface area contributed by atoms with Gasteiger partial charge in [0.15, 0.2) is 11.7 Å². The van der Waals surface area contributed by atoms with Crippen LogP contribution in [0.5, 0.6) is 0 Å². The molecule has 1 amide bonds. The summed E-state index contributed by atoms with van der Waals surface area (Å²) in [5.74, 6) is -0.900. The van der Waals surface area contributed by atoms with Crippen molar-refractivity contribution >= 4 is 11.9 Å². The highest BCUT2D eigenvalue weighted by molar-refractivity contribution is 6.01. The quantitative estimate of drug-likeness (QED) is 0.570. The molecular weight excluding hydrogens is 232 g/mol. The average Bonchev–Trinajstić information content (AvgIpc) is 2.71. The number of guanidine groups is 1. The molecule has 0 fully saturated rings. The van der Waals surface area contributed by atoms with E-state index >= 15 is 0 Å². The number of rotatable bonds is 2. The van der Waals surface area contributed by atoms with Crippen molar-refractivity contribution in [1.82, 2.24) is 15.0 Å². The van der Waals surface area contributed by atoms with Gasteiger partial charge < -0.3 is 11.5 Å². The Balaban J connectivity index is 2.42. The summed E-state index contributed by atoms with van der Waals surface area (Å²) in [6, 6.07) is 9.34. The molecule has 0 atom stereocenters. The molecule has 0 aliphatic rings. The number of carbonyl (C=O) groups is 1. The lowest BCUT2D eigenvalue weighted by Crippen LogP contribution is -2.24. The highest BCUT2D eigenvalue weighted by Gasteiger charge is 2.16. The first-order valence-corrected chi connectivity index (χ1v) is 5.21. The molecule has 0 aliphatic heterocycles. The first kappa shape index (κ1) is 11.8. The third kappa shape index (κ3) is 2.19. The molecular formula is C11H12N6O. The van der Waals surface area contributed by atoms with Crippen LogP contribution < -0.4 is 11.5 Å². The molecule has 1 heterocycles. The minimum absolute atomic E-state index is 0.132. The van der Waals surface area contributed by atoms with Crippen LogP contribution >= 0.6 is 0 Å². The molecule has 0 unspecified atom stereocenters. The largest absolute Gasteiger partial charge is 0.370 e. The summed E-state index contributed by atoms with van der Waals surface area (Å²) in [5, 5.41) is 7.70. The second kappa shape index (κ2) is 4.66. The van der Waals surface area contributed by atoms with Crippen molar-refractivity contribution in [2.75, 3.05) is 0 Å². The molecule has 0 saturated heterocycles. The predicted octanol–water partition coefficient (Wildman–Crippen LogP) is -0.0107. The maximum absolute atomic E-state index is 11.7. The fourth-order valence-corrected chi connectivity index (χ4v) is 1.51. The van der Waals surface area contributed by atoms with Gasteiger partial charge >= 0.3 is 5.91 Å². The lowest BCUT2D eigenvalue weighted by molar-refractivity contribution is 0.0997. The van der Waals surface area contributed by atoms with Gasteiger partial charge in [-0.2, -0.15) is 4.99 Å². The summed E-state index contributed by atoms with van der Waals surface area (Å²) in [6.45, 7) is 1.72. The van der Waals surface area contributed by atoms with Gasteiger partial charge in [-0.3, -0.25) is 4.79 Å². The Hall–Kier alpha value is -2.70. The van der Waals surface area contributed by atoms with Crippen molar-refractivity contribution in [2.45, 2.75) is 6.92 Å². The molecule has 2 rings (SSSR count). The third-order valence-corrected chi connectivity index (χ3v) is 2.33. The van der Waals surface area contributed by atoms with Crippen LogP contribution in [0.4, 0.5) is 0 Å². The maximum Gasteiger partial charge on any atom is 0.302 e. The minimum Gasteiger partial charge on any atom is -0.370 e. The molecule has 1 aromatic carbocycles. The van der Waals surface area contributed by atoms with Gasteiger partial charge in [0.2, 0.25) is 0 Å². The summed E-state index contributed by atoms with van der Waals surface area (Å²) >= 11 is 0. The number of nitrogens with two attached hydrogens (primary N) is 2. The molecule has 2 aromatic rings. The number of carbonyl (C=O) groups excluding carboxylic acids is 1. The molecule has 0 aliphatic carbocycles. The molecule has 0 bridgehead atoms. The van der Waals surface area contributed by atoms with Crippen molar-refractivity contribution in [3.05, 3.63) is 41.7 Å². The summed E-state index contributed by atoms with van der Waals surface area (Å²) in [4.78, 5) is 15.1. The van der Waals surface area contributed by atoms with Crippen LogP contribution in [0.1, 0.15) is 16.2 Å². The first-order chi connectivity index (χ1) is 8.59. The maximum atomic E-state index is 11.7. The summed E-state index contributed by atoms with van der Waals surface area (Å²) in [7, 11) is 0. The Bertz CT molecular complexity index is 597. The van der Waals surface area contributed by atoms with E-state index in [1.807, 2.05) is 30.3 Å². The Labute approximate surface area is 103 Å². The molecule has 18 heavy (non-hydrogen) atoms. The van der Waals surface area contributed by atoms with E-state index in [9.17, 15) is 4.79 Å². The van der Waals surface area contributed by atoms with E-state index in [-0.39, 0.29) is 11.7 Å². The predicted molar refractivity (Wildman–Crippen MR) is 66.2 cm³/mol. The van der Waals surface area contributed by atoms with E-state index in [4.69, 9.17) is 11.5 Å². The molecule has 7 nitrogen and oxygen atoms in total. The number of aromatic nitrogens is 3. The fraction of sp³-hybridized carbons (Fsp3) is 0.0909. The molecule has 4 N–H and O–H groups in total. The molecule has 0 saturated carbocycles. The van der Waals surface area contributed by atoms with Gasteiger partial charge in [-0.05, 0) is 19.1 Å². The van der Waals surface area contributed by atoms with E-state index in [2.05, 4.69) is 15.3 Å². The highest BCUT2D eigenvalue weighted by Crippen LogP contribution is 2.12. The second-order valence-corrected chi connectivity index (χ2v) is 3.61. The van der Waals surface area contributed by atoms with Gasteiger partial charge in [-0.25, -0.2) is 4.68 Å². The molecule has 1 aromatic heterocycles. The zero-order valence-electron chi connectivity index (χ0n) is 9.74. The van der Waals surface area contributed by atoms with Gasteiger partial charge in [-0.15, -0.1) is 5.10 Å². The van der Waals surface area contributed by atoms with E-state index in [1.54, 1.807) is 11.6 Å². The van der Waals surface area contributed by atoms with E-state index in [0.717, 1.165) is 5.69 Å². The van der Waals surface area contributed by atoms with Crippen molar-refractivity contribution < 1.29 is 4.79 Å². The smallest absolute Gasteiger partial charge is 0.302 e. The van der Waals surface area contributed by atoms with Crippen molar-refractivity contribution in [2.24, 2.45) is 16.5 Å². The Morgan fingerprint density at radius 3 is 2.56 bits per heavy atom. The number of para-hydroxylation sites is 1. The summed E-state index contributed by atoms with van der Waals surface area (Å²) in [6.07, 6.45) is 0. The molecule has 0 spiro atoms. The van der Waals surface area contributed by atoms with Crippen molar-refractivity contribution in [3.8, 4) is 5.69 Å². The monoisotopic (exact) mass is 244 g/mol. The normalized spacial score (nSPS) is 10.1. The van der Waals surface area contributed by atoms with Crippen molar-refractivity contribution in [1.29, 1.82) is 0 Å². The van der Waals surface area contributed by atoms with Gasteiger partial charge in [0.1, 0.15) is 0 Å². The Morgan fingerprint density at radius 1 is 1.28 bits per heavy atom. The van der Waals surface area contributed by atoms with Gasteiger partial charge in [0.25, 0.3) is 0 Å². The lowest BCUT2D eigenvalue weighted by atomic mass is 10.3. The number of nitrogens with zero attached hydrogens (tertiary/aromatic N) is 4. The van der Waals surface area contributed by atoms with Gasteiger partial charge in [0.05, 0.1) is 11.4 Å². The number of aliphatic imine (C=N–C) groups is 1. The first-order valence-electron chi connectivity index (χ1n) is 5.21. The van der Waals surface area contributed by atoms with Gasteiger partial charge in [-0.1, -0.05) is 23.4 Å². The minimum atomic E-state index is -0.602. The summed E-state index contributed by atoms with van der Waals surface area (Å²) in [5.41, 5.74) is 11.8. The average molecular weight is 244 g/mol. The summed E-state index contributed by atoms with van der Waals surface area (Å²) < 4.78 is 1.55. The molecule has 0 radical (unpaired) electrons. The van der Waals surface area contributed by atoms with E-state index in [1.165, 1.54) is 0 Å². The van der Waals surface area contributed by atoms with Crippen LogP contribution in [-0.4, -0.2) is 26.9 Å². The number of hydrogen-bond donors (Lipinski definition) is 2. The van der Waals surface area contributed by atoms with Gasteiger partial charge in [0, 0.05) is 0 Å². The fourth-order valence-electron chi connectivity index (χ4n) is 1.51. The van der Waals surface area contributed by atoms with Crippen LogP contribution in [0.25, 0.3) is 5.69 Å². The van der Waals surface area contributed by atoms with Crippen molar-refractivity contribution in [3.63, 3.8) is 0 Å². The Morgan fingerprint density at radius 2 is 1.94 bits per heavy atom. The number of amides is 1. The zero-order chi connectivity index (χ0) is 13.1. The van der Waals surface area contributed by atoms with Crippen LogP contribution in [0, 0.1) is 6.92 Å². The Kier molecular flexibility index (Phi) is 3.05. The lowest BCUT2D eigenvalue weighted by Gasteiger charge is -2.01. The van der Waals surface area contributed by atoms with Crippen LogP contribution in [-0.2, 0) is 0 Å². The number of benzene rings is 1. The number of hydrogen-bond acceptors (Lipinski definition) is 3. The highest BCUT2D eigenvalue weighted by atomic mass is 16.1. The van der Waals surface area contributed by atoms with E-state index < -0.39 is 5.91 Å². The topological polar surface area (TPSA) is 112 Å². The van der Waals surface area contributed by atoms with Crippen LogP contribution in [0.2, 0.25) is 0 Å². The third-order valence-electron chi connectivity index (χ3n) is 2.33. The molecule has 7 heteroatoms.